The zero-order valence-corrected chi connectivity index (χ0v) is 19.4. The van der Waals surface area contributed by atoms with E-state index in [-0.39, 0.29) is 5.69 Å². The van der Waals surface area contributed by atoms with E-state index in [4.69, 9.17) is 0 Å². The van der Waals surface area contributed by atoms with E-state index in [1.165, 1.54) is 0 Å². The van der Waals surface area contributed by atoms with Gasteiger partial charge in [-0.1, -0.05) is 61.9 Å². The summed E-state index contributed by atoms with van der Waals surface area (Å²) in [5.41, 5.74) is 4.56. The fraction of sp³-hybridized carbons (Fsp3) is 0.320. The topological polar surface area (TPSA) is 98.5 Å². The molecule has 0 saturated carbocycles. The Morgan fingerprint density at radius 2 is 1.73 bits per heavy atom. The number of H-pyrrole nitrogens is 1. The monoisotopic (exact) mass is 444 g/mol. The Morgan fingerprint density at radius 1 is 1.03 bits per heavy atom. The van der Waals surface area contributed by atoms with Crippen LogP contribution in [0.4, 0.5) is 0 Å². The van der Waals surface area contributed by atoms with Crippen molar-refractivity contribution in [3.63, 3.8) is 0 Å². The number of carbonyl (C=O) groups is 1. The van der Waals surface area contributed by atoms with Gasteiger partial charge in [-0.15, -0.1) is 5.10 Å². The number of nitrogens with one attached hydrogen (secondary N) is 1. The number of rotatable bonds is 7. The Morgan fingerprint density at radius 3 is 2.30 bits per heavy atom. The van der Waals surface area contributed by atoms with Crippen molar-refractivity contribution in [3.05, 3.63) is 76.0 Å². The van der Waals surface area contributed by atoms with Crippen LogP contribution in [-0.2, 0) is 18.5 Å². The van der Waals surface area contributed by atoms with Gasteiger partial charge in [-0.3, -0.25) is 13.9 Å². The van der Waals surface area contributed by atoms with Gasteiger partial charge in [0.05, 0.1) is 12.2 Å². The van der Waals surface area contributed by atoms with Gasteiger partial charge in [0.15, 0.2) is 12.1 Å². The fourth-order valence-electron chi connectivity index (χ4n) is 4.23. The lowest BCUT2D eigenvalue weighted by Gasteiger charge is -2.21. The van der Waals surface area contributed by atoms with Crippen molar-refractivity contribution in [1.29, 1.82) is 0 Å². The standard InChI is InChI=1S/C25H28N6O2/c1-5-8-21-22(16-32)31(25(2,3)4)24(33)30(21)15-17-11-13-18(14-12-17)19-9-6-7-10-20(19)23-26-28-29-27-23/h6-7,9-14,16H,5,8,15H2,1-4H3,(H,26,27,28,29). The Labute approximate surface area is 192 Å². The van der Waals surface area contributed by atoms with Gasteiger partial charge in [0.25, 0.3) is 0 Å². The highest BCUT2D eigenvalue weighted by Crippen LogP contribution is 2.30. The van der Waals surface area contributed by atoms with E-state index in [9.17, 15) is 9.59 Å². The molecule has 0 atom stereocenters. The maximum Gasteiger partial charge on any atom is 0.329 e. The SMILES string of the molecule is CCCc1c(C=O)n(C(C)(C)C)c(=O)n1Cc1ccc(-c2ccccc2-c2nnn[nH]2)cc1. The summed E-state index contributed by atoms with van der Waals surface area (Å²) in [5, 5.41) is 14.2. The molecule has 8 heteroatoms. The van der Waals surface area contributed by atoms with Gasteiger partial charge in [-0.25, -0.2) is 9.89 Å². The lowest BCUT2D eigenvalue weighted by Crippen LogP contribution is -2.36. The van der Waals surface area contributed by atoms with E-state index in [0.29, 0.717) is 24.5 Å². The molecule has 0 aliphatic rings. The number of hydrogen-bond acceptors (Lipinski definition) is 5. The summed E-state index contributed by atoms with van der Waals surface area (Å²) in [5.74, 6) is 0.607. The summed E-state index contributed by atoms with van der Waals surface area (Å²) in [6, 6.07) is 16.0. The van der Waals surface area contributed by atoms with Crippen molar-refractivity contribution < 1.29 is 4.79 Å². The normalized spacial score (nSPS) is 11.6. The van der Waals surface area contributed by atoms with Crippen LogP contribution in [0.1, 0.15) is 55.9 Å². The first kappa shape index (κ1) is 22.4. The minimum atomic E-state index is -0.482. The van der Waals surface area contributed by atoms with Gasteiger partial charge < -0.3 is 0 Å². The molecular formula is C25H28N6O2. The summed E-state index contributed by atoms with van der Waals surface area (Å²) in [4.78, 5) is 25.2. The van der Waals surface area contributed by atoms with Crippen molar-refractivity contribution in [1.82, 2.24) is 29.8 Å². The molecule has 0 unspecified atom stereocenters. The van der Waals surface area contributed by atoms with Crippen LogP contribution in [0.2, 0.25) is 0 Å². The maximum absolute atomic E-state index is 13.3. The summed E-state index contributed by atoms with van der Waals surface area (Å²) in [6.45, 7) is 8.29. The summed E-state index contributed by atoms with van der Waals surface area (Å²) >= 11 is 0. The van der Waals surface area contributed by atoms with Gasteiger partial charge in [0.2, 0.25) is 0 Å². The zero-order chi connectivity index (χ0) is 23.6. The molecule has 2 aromatic carbocycles. The number of aromatic amines is 1. The number of imidazole rings is 1. The third kappa shape index (κ3) is 4.28. The number of nitrogens with zero attached hydrogens (tertiary/aromatic N) is 5. The molecule has 2 aromatic heterocycles. The maximum atomic E-state index is 13.3. The van der Waals surface area contributed by atoms with Crippen molar-refractivity contribution in [2.24, 2.45) is 0 Å². The molecule has 4 aromatic rings. The van der Waals surface area contributed by atoms with E-state index in [1.54, 1.807) is 9.13 Å². The first-order chi connectivity index (χ1) is 15.8. The highest BCUT2D eigenvalue weighted by atomic mass is 16.2. The smallest absolute Gasteiger partial charge is 0.296 e. The lowest BCUT2D eigenvalue weighted by atomic mass is 9.98. The van der Waals surface area contributed by atoms with Gasteiger partial charge in [-0.2, -0.15) is 0 Å². The molecule has 0 aliphatic heterocycles. The highest BCUT2D eigenvalue weighted by molar-refractivity contribution is 5.80. The summed E-state index contributed by atoms with van der Waals surface area (Å²) in [6.07, 6.45) is 2.33. The Kier molecular flexibility index (Phi) is 6.09. The predicted molar refractivity (Wildman–Crippen MR) is 127 cm³/mol. The average molecular weight is 445 g/mol. The second kappa shape index (κ2) is 8.97. The van der Waals surface area contributed by atoms with E-state index < -0.39 is 5.54 Å². The van der Waals surface area contributed by atoms with Gasteiger partial charge in [0, 0.05) is 11.1 Å². The Balaban J connectivity index is 1.71. The second-order valence-corrected chi connectivity index (χ2v) is 9.07. The van der Waals surface area contributed by atoms with Crippen molar-refractivity contribution in [2.45, 2.75) is 52.6 Å². The van der Waals surface area contributed by atoms with Gasteiger partial charge in [-0.05, 0) is 54.3 Å². The lowest BCUT2D eigenvalue weighted by molar-refractivity contribution is 0.110. The van der Waals surface area contributed by atoms with E-state index >= 15 is 0 Å². The van der Waals surface area contributed by atoms with E-state index in [0.717, 1.165) is 40.7 Å². The predicted octanol–water partition coefficient (Wildman–Crippen LogP) is 4.07. The van der Waals surface area contributed by atoms with Crippen LogP contribution in [0.3, 0.4) is 0 Å². The molecule has 4 rings (SSSR count). The van der Waals surface area contributed by atoms with Crippen LogP contribution in [0.25, 0.3) is 22.5 Å². The van der Waals surface area contributed by atoms with E-state index in [1.807, 2.05) is 76.2 Å². The molecule has 0 amide bonds. The van der Waals surface area contributed by atoms with Crippen LogP contribution in [0.5, 0.6) is 0 Å². The fourth-order valence-corrected chi connectivity index (χ4v) is 4.23. The molecule has 33 heavy (non-hydrogen) atoms. The number of hydrogen-bond donors (Lipinski definition) is 1. The molecule has 0 saturated heterocycles. The van der Waals surface area contributed by atoms with Gasteiger partial charge in [0.1, 0.15) is 5.69 Å². The number of aldehydes is 1. The molecule has 0 fully saturated rings. The molecule has 0 bridgehead atoms. The number of tetrazole rings is 1. The number of carbonyl (C=O) groups excluding carboxylic acids is 1. The molecule has 8 nitrogen and oxygen atoms in total. The van der Waals surface area contributed by atoms with Gasteiger partial charge >= 0.3 is 5.69 Å². The van der Waals surface area contributed by atoms with Crippen LogP contribution in [0.15, 0.2) is 53.3 Å². The van der Waals surface area contributed by atoms with Crippen LogP contribution < -0.4 is 5.69 Å². The molecule has 1 N–H and O–H groups in total. The van der Waals surface area contributed by atoms with Crippen LogP contribution >= 0.6 is 0 Å². The molecule has 0 aliphatic carbocycles. The minimum absolute atomic E-state index is 0.153. The van der Waals surface area contributed by atoms with E-state index in [2.05, 4.69) is 20.6 Å². The molecule has 0 radical (unpaired) electrons. The van der Waals surface area contributed by atoms with Crippen molar-refractivity contribution >= 4 is 6.29 Å². The largest absolute Gasteiger partial charge is 0.329 e. The van der Waals surface area contributed by atoms with Crippen LogP contribution in [-0.4, -0.2) is 36.0 Å². The molecule has 2 heterocycles. The second-order valence-electron chi connectivity index (χ2n) is 9.07. The van der Waals surface area contributed by atoms with Crippen LogP contribution in [0, 0.1) is 0 Å². The average Bonchev–Trinajstić information content (AvgIpc) is 3.42. The quantitative estimate of drug-likeness (QED) is 0.433. The van der Waals surface area contributed by atoms with Crippen molar-refractivity contribution in [3.8, 4) is 22.5 Å². The minimum Gasteiger partial charge on any atom is -0.296 e. The zero-order valence-electron chi connectivity index (χ0n) is 19.4. The summed E-state index contributed by atoms with van der Waals surface area (Å²) in [7, 11) is 0. The number of benzene rings is 2. The molecule has 170 valence electrons. The third-order valence-corrected chi connectivity index (χ3v) is 5.69. The highest BCUT2D eigenvalue weighted by Gasteiger charge is 2.26. The first-order valence-electron chi connectivity index (χ1n) is 11.1. The first-order valence-corrected chi connectivity index (χ1v) is 11.1. The third-order valence-electron chi connectivity index (χ3n) is 5.69. The Bertz CT molecular complexity index is 1310. The number of aromatic nitrogens is 6. The Hall–Kier alpha value is -3.81. The molecule has 0 spiro atoms. The summed E-state index contributed by atoms with van der Waals surface area (Å²) < 4.78 is 3.35. The molecular weight excluding hydrogens is 416 g/mol. The van der Waals surface area contributed by atoms with Crippen molar-refractivity contribution in [2.75, 3.05) is 0 Å².